The average molecular weight is 438 g/mol. The van der Waals surface area contributed by atoms with E-state index in [9.17, 15) is 14.7 Å². The van der Waals surface area contributed by atoms with Gasteiger partial charge in [0.05, 0.1) is 12.2 Å². The summed E-state index contributed by atoms with van der Waals surface area (Å²) in [7, 11) is 0. The minimum Gasteiger partial charge on any atom is -0.396 e. The van der Waals surface area contributed by atoms with E-state index in [2.05, 4.69) is 11.1 Å². The van der Waals surface area contributed by atoms with Crippen LogP contribution in [0.2, 0.25) is 5.02 Å². The van der Waals surface area contributed by atoms with Crippen LogP contribution in [-0.2, 0) is 15.1 Å². The van der Waals surface area contributed by atoms with Gasteiger partial charge in [0.2, 0.25) is 5.91 Å². The molecule has 2 amide bonds. The van der Waals surface area contributed by atoms with E-state index >= 15 is 0 Å². The quantitative estimate of drug-likeness (QED) is 0.657. The van der Waals surface area contributed by atoms with Gasteiger partial charge in [0, 0.05) is 41.5 Å². The van der Waals surface area contributed by atoms with Crippen LogP contribution in [0.3, 0.4) is 0 Å². The molecular weight excluding hydrogens is 414 g/mol. The molecule has 2 aromatic carbocycles. The molecule has 2 atom stereocenters. The Morgan fingerprint density at radius 1 is 1.16 bits per heavy atom. The van der Waals surface area contributed by atoms with Crippen LogP contribution in [0.25, 0.3) is 10.9 Å². The van der Waals surface area contributed by atoms with Gasteiger partial charge in [0.15, 0.2) is 5.54 Å². The molecule has 160 valence electrons. The third-order valence-electron chi connectivity index (χ3n) is 6.68. The largest absolute Gasteiger partial charge is 0.396 e. The van der Waals surface area contributed by atoms with Gasteiger partial charge < -0.3 is 19.9 Å². The second-order valence-corrected chi connectivity index (χ2v) is 8.88. The SMILES string of the molecule is C[C@]12C(=O)N(CCCO)CC(=O)N1C[C@@H](c1ccc(Cl)cc1)c1c2[nH]c2ccccc12. The Bertz CT molecular complexity index is 1170. The first-order valence-corrected chi connectivity index (χ1v) is 10.9. The highest BCUT2D eigenvalue weighted by Gasteiger charge is 2.56. The number of hydrogen-bond donors (Lipinski definition) is 2. The van der Waals surface area contributed by atoms with Gasteiger partial charge in [0.1, 0.15) is 0 Å². The van der Waals surface area contributed by atoms with E-state index in [4.69, 9.17) is 11.6 Å². The van der Waals surface area contributed by atoms with Crippen LogP contribution in [0.4, 0.5) is 0 Å². The molecule has 3 aromatic rings. The fraction of sp³-hybridized carbons (Fsp3) is 0.333. The van der Waals surface area contributed by atoms with Gasteiger partial charge in [-0.25, -0.2) is 0 Å². The van der Waals surface area contributed by atoms with Crippen molar-refractivity contribution >= 4 is 34.3 Å². The Balaban J connectivity index is 1.72. The molecule has 1 aromatic heterocycles. The molecule has 1 saturated heterocycles. The van der Waals surface area contributed by atoms with Crippen LogP contribution in [0, 0.1) is 0 Å². The maximum Gasteiger partial charge on any atom is 0.254 e. The van der Waals surface area contributed by atoms with Crippen molar-refractivity contribution in [1.29, 1.82) is 0 Å². The first-order chi connectivity index (χ1) is 14.9. The van der Waals surface area contributed by atoms with Crippen LogP contribution in [-0.4, -0.2) is 57.9 Å². The number of nitrogens with one attached hydrogen (secondary N) is 1. The number of aliphatic hydroxyl groups is 1. The lowest BCUT2D eigenvalue weighted by Crippen LogP contribution is -2.67. The summed E-state index contributed by atoms with van der Waals surface area (Å²) in [4.78, 5) is 33.7. The molecule has 7 heteroatoms. The van der Waals surface area contributed by atoms with Crippen LogP contribution in [0.15, 0.2) is 48.5 Å². The minimum absolute atomic E-state index is 0.0192. The predicted molar refractivity (Wildman–Crippen MR) is 119 cm³/mol. The van der Waals surface area contributed by atoms with E-state index in [-0.39, 0.29) is 30.9 Å². The van der Waals surface area contributed by atoms with Crippen molar-refractivity contribution in [3.05, 3.63) is 70.4 Å². The van der Waals surface area contributed by atoms with Gasteiger partial charge in [-0.1, -0.05) is 41.9 Å². The molecule has 2 aliphatic rings. The van der Waals surface area contributed by atoms with Gasteiger partial charge in [-0.3, -0.25) is 9.59 Å². The highest BCUT2D eigenvalue weighted by atomic mass is 35.5. The monoisotopic (exact) mass is 437 g/mol. The molecule has 3 heterocycles. The van der Waals surface area contributed by atoms with Gasteiger partial charge in [-0.05, 0) is 42.7 Å². The summed E-state index contributed by atoms with van der Waals surface area (Å²) in [5.41, 5.74) is 2.72. The third kappa shape index (κ3) is 2.97. The summed E-state index contributed by atoms with van der Waals surface area (Å²) in [6, 6.07) is 15.7. The van der Waals surface area contributed by atoms with Crippen molar-refractivity contribution in [1.82, 2.24) is 14.8 Å². The zero-order chi connectivity index (χ0) is 21.8. The van der Waals surface area contributed by atoms with Crippen molar-refractivity contribution in [2.24, 2.45) is 0 Å². The normalized spacial score (nSPS) is 23.3. The second kappa shape index (κ2) is 7.39. The number of carbonyl (C=O) groups excluding carboxylic acids is 2. The number of amides is 2. The Morgan fingerprint density at radius 2 is 1.90 bits per heavy atom. The molecule has 2 aliphatic heterocycles. The molecule has 0 bridgehead atoms. The van der Waals surface area contributed by atoms with E-state index in [0.717, 1.165) is 27.7 Å². The minimum atomic E-state index is -1.11. The van der Waals surface area contributed by atoms with Gasteiger partial charge in [-0.2, -0.15) is 0 Å². The standard InChI is InChI=1S/C24H24ClN3O3/c1-24-22-21(17-5-2-3-6-19(17)26-22)18(15-7-9-16(25)10-8-15)13-28(24)20(30)14-27(23(24)31)11-4-12-29/h2-3,5-10,18,26,29H,4,11-14H2,1H3/t18-,24-/m0/s1. The fourth-order valence-corrected chi connectivity index (χ4v) is 5.24. The van der Waals surface area contributed by atoms with Crippen molar-refractivity contribution in [2.45, 2.75) is 24.8 Å². The zero-order valence-electron chi connectivity index (χ0n) is 17.3. The van der Waals surface area contributed by atoms with E-state index in [1.165, 1.54) is 0 Å². The molecule has 2 N–H and O–H groups in total. The molecular formula is C24H24ClN3O3. The van der Waals surface area contributed by atoms with Crippen molar-refractivity contribution in [3.63, 3.8) is 0 Å². The second-order valence-electron chi connectivity index (χ2n) is 8.44. The number of piperazine rings is 1. The lowest BCUT2D eigenvalue weighted by Gasteiger charge is -2.51. The number of halogens is 1. The Morgan fingerprint density at radius 3 is 2.65 bits per heavy atom. The number of fused-ring (bicyclic) bond motifs is 5. The zero-order valence-corrected chi connectivity index (χ0v) is 18.0. The topological polar surface area (TPSA) is 76.6 Å². The number of rotatable bonds is 4. The van der Waals surface area contributed by atoms with Crippen LogP contribution >= 0.6 is 11.6 Å². The molecule has 5 rings (SSSR count). The van der Waals surface area contributed by atoms with E-state index in [0.29, 0.717) is 24.5 Å². The first-order valence-electron chi connectivity index (χ1n) is 10.5. The highest BCUT2D eigenvalue weighted by Crippen LogP contribution is 2.48. The van der Waals surface area contributed by atoms with Gasteiger partial charge in [-0.15, -0.1) is 0 Å². The van der Waals surface area contributed by atoms with Crippen LogP contribution < -0.4 is 0 Å². The third-order valence-corrected chi connectivity index (χ3v) is 6.93. The number of aromatic nitrogens is 1. The van der Waals surface area contributed by atoms with Crippen molar-refractivity contribution in [2.75, 3.05) is 26.2 Å². The first kappa shape index (κ1) is 20.1. The Kier molecular flexibility index (Phi) is 4.79. The fourth-order valence-electron chi connectivity index (χ4n) is 5.11. The number of carbonyl (C=O) groups is 2. The van der Waals surface area contributed by atoms with Gasteiger partial charge >= 0.3 is 0 Å². The number of para-hydroxylation sites is 1. The highest BCUT2D eigenvalue weighted by molar-refractivity contribution is 6.30. The lowest BCUT2D eigenvalue weighted by atomic mass is 9.76. The molecule has 0 spiro atoms. The molecule has 31 heavy (non-hydrogen) atoms. The van der Waals surface area contributed by atoms with Crippen molar-refractivity contribution < 1.29 is 14.7 Å². The summed E-state index contributed by atoms with van der Waals surface area (Å²) in [6.07, 6.45) is 0.446. The maximum absolute atomic E-state index is 13.7. The van der Waals surface area contributed by atoms with Gasteiger partial charge in [0.25, 0.3) is 5.91 Å². The number of H-pyrrole nitrogens is 1. The number of aromatic amines is 1. The summed E-state index contributed by atoms with van der Waals surface area (Å²) >= 11 is 6.12. The molecule has 0 unspecified atom stereocenters. The number of nitrogens with zero attached hydrogens (tertiary/aromatic N) is 2. The summed E-state index contributed by atoms with van der Waals surface area (Å²) in [5, 5.41) is 11.0. The molecule has 1 fully saturated rings. The van der Waals surface area contributed by atoms with Crippen molar-refractivity contribution in [3.8, 4) is 0 Å². The van der Waals surface area contributed by atoms with E-state index in [1.54, 1.807) is 9.80 Å². The molecule has 0 saturated carbocycles. The predicted octanol–water partition coefficient (Wildman–Crippen LogP) is 3.24. The smallest absolute Gasteiger partial charge is 0.254 e. The van der Waals surface area contributed by atoms with Crippen LogP contribution in [0.1, 0.15) is 36.1 Å². The summed E-state index contributed by atoms with van der Waals surface area (Å²) in [5.74, 6) is -0.261. The Hall–Kier alpha value is -2.83. The van der Waals surface area contributed by atoms with E-state index < -0.39 is 5.54 Å². The lowest BCUT2D eigenvalue weighted by molar-refractivity contribution is -0.166. The number of aliphatic hydroxyl groups excluding tert-OH is 1. The number of benzene rings is 2. The average Bonchev–Trinajstić information content (AvgIpc) is 3.17. The maximum atomic E-state index is 13.7. The Labute approximate surface area is 185 Å². The molecule has 6 nitrogen and oxygen atoms in total. The summed E-state index contributed by atoms with van der Waals surface area (Å²) in [6.45, 7) is 2.64. The number of hydrogen-bond acceptors (Lipinski definition) is 3. The van der Waals surface area contributed by atoms with Crippen LogP contribution in [0.5, 0.6) is 0 Å². The molecule has 0 aliphatic carbocycles. The molecule has 0 radical (unpaired) electrons. The summed E-state index contributed by atoms with van der Waals surface area (Å²) < 4.78 is 0. The van der Waals surface area contributed by atoms with E-state index in [1.807, 2.05) is 49.4 Å².